The van der Waals surface area contributed by atoms with Crippen molar-refractivity contribution in [3.8, 4) is 11.5 Å². The lowest BCUT2D eigenvalue weighted by atomic mass is 9.92. The first kappa shape index (κ1) is 16.6. The van der Waals surface area contributed by atoms with Crippen LogP contribution in [0.25, 0.3) is 0 Å². The van der Waals surface area contributed by atoms with Gasteiger partial charge < -0.3 is 24.2 Å². The standard InChI is InChI=1S/C18H27NO4/c1-13-5-14(2)8-19(7-13)9-16(20)11-21-10-15-3-4-17-18(6-15)23-12-22-17/h3-4,6,13-14,16,20H,5,7-12H2,1-2H3/p+1/t13-,14-,16-/m0/s1. The molecule has 1 fully saturated rings. The SMILES string of the molecule is C[C@H]1C[C@H](C)C[NH+](C[C@H](O)COCc2ccc3c(c2)OCO3)C1. The summed E-state index contributed by atoms with van der Waals surface area (Å²) in [5, 5.41) is 10.2. The van der Waals surface area contributed by atoms with Crippen LogP contribution in [0.4, 0.5) is 0 Å². The molecule has 0 spiro atoms. The number of hydrogen-bond donors (Lipinski definition) is 2. The normalized spacial score (nSPS) is 27.9. The minimum absolute atomic E-state index is 0.286. The minimum Gasteiger partial charge on any atom is -0.454 e. The summed E-state index contributed by atoms with van der Waals surface area (Å²) in [6.07, 6.45) is 0.900. The number of ether oxygens (including phenoxy) is 3. The molecular formula is C18H28NO4+. The van der Waals surface area contributed by atoms with E-state index in [0.29, 0.717) is 13.2 Å². The highest BCUT2D eigenvalue weighted by atomic mass is 16.7. The van der Waals surface area contributed by atoms with Gasteiger partial charge in [0.05, 0.1) is 26.3 Å². The zero-order valence-electron chi connectivity index (χ0n) is 14.1. The van der Waals surface area contributed by atoms with E-state index >= 15 is 0 Å². The fourth-order valence-electron chi connectivity index (χ4n) is 3.82. The molecule has 0 aliphatic carbocycles. The molecule has 2 aliphatic rings. The van der Waals surface area contributed by atoms with E-state index in [-0.39, 0.29) is 6.79 Å². The number of piperidine rings is 1. The van der Waals surface area contributed by atoms with Crippen molar-refractivity contribution >= 4 is 0 Å². The molecule has 128 valence electrons. The topological polar surface area (TPSA) is 52.4 Å². The highest BCUT2D eigenvalue weighted by Crippen LogP contribution is 2.32. The largest absolute Gasteiger partial charge is 0.454 e. The van der Waals surface area contributed by atoms with Crippen molar-refractivity contribution in [1.82, 2.24) is 0 Å². The summed E-state index contributed by atoms with van der Waals surface area (Å²) in [5.74, 6) is 3.05. The second-order valence-corrected chi connectivity index (χ2v) is 7.16. The molecule has 2 heterocycles. The number of likely N-dealkylation sites (tertiary alicyclic amines) is 1. The number of fused-ring (bicyclic) bond motifs is 1. The highest BCUT2D eigenvalue weighted by molar-refractivity contribution is 5.44. The van der Waals surface area contributed by atoms with E-state index < -0.39 is 6.10 Å². The van der Waals surface area contributed by atoms with Crippen LogP contribution in [0.15, 0.2) is 18.2 Å². The monoisotopic (exact) mass is 322 g/mol. The van der Waals surface area contributed by atoms with Gasteiger partial charge in [-0.15, -0.1) is 0 Å². The lowest BCUT2D eigenvalue weighted by molar-refractivity contribution is -0.915. The average molecular weight is 322 g/mol. The van der Waals surface area contributed by atoms with Gasteiger partial charge in [-0.3, -0.25) is 0 Å². The predicted molar refractivity (Wildman–Crippen MR) is 86.7 cm³/mol. The van der Waals surface area contributed by atoms with E-state index in [4.69, 9.17) is 14.2 Å². The maximum atomic E-state index is 10.2. The van der Waals surface area contributed by atoms with Crippen LogP contribution >= 0.6 is 0 Å². The maximum Gasteiger partial charge on any atom is 0.231 e. The first-order valence-corrected chi connectivity index (χ1v) is 8.58. The number of nitrogens with one attached hydrogen (secondary N) is 1. The molecule has 5 nitrogen and oxygen atoms in total. The Hall–Kier alpha value is -1.30. The predicted octanol–water partition coefficient (Wildman–Crippen LogP) is 0.854. The quantitative estimate of drug-likeness (QED) is 0.815. The van der Waals surface area contributed by atoms with E-state index in [1.165, 1.54) is 11.3 Å². The van der Waals surface area contributed by atoms with Crippen molar-refractivity contribution < 1.29 is 24.2 Å². The summed E-state index contributed by atoms with van der Waals surface area (Å²) in [7, 11) is 0. The van der Waals surface area contributed by atoms with E-state index in [9.17, 15) is 5.11 Å². The molecule has 0 bridgehead atoms. The number of quaternary nitrogens is 1. The zero-order valence-corrected chi connectivity index (χ0v) is 14.1. The van der Waals surface area contributed by atoms with Gasteiger partial charge in [0.15, 0.2) is 11.5 Å². The molecule has 0 saturated carbocycles. The van der Waals surface area contributed by atoms with Crippen LogP contribution < -0.4 is 14.4 Å². The third-order valence-corrected chi connectivity index (χ3v) is 4.62. The van der Waals surface area contributed by atoms with Gasteiger partial charge in [-0.25, -0.2) is 0 Å². The minimum atomic E-state index is -0.406. The molecule has 0 radical (unpaired) electrons. The second kappa shape index (κ2) is 7.51. The highest BCUT2D eigenvalue weighted by Gasteiger charge is 2.26. The lowest BCUT2D eigenvalue weighted by Gasteiger charge is -2.33. The molecule has 0 amide bonds. The van der Waals surface area contributed by atoms with Crippen LogP contribution in [0.1, 0.15) is 25.8 Å². The van der Waals surface area contributed by atoms with Crippen LogP contribution in [0.2, 0.25) is 0 Å². The third-order valence-electron chi connectivity index (χ3n) is 4.62. The van der Waals surface area contributed by atoms with Gasteiger partial charge >= 0.3 is 0 Å². The smallest absolute Gasteiger partial charge is 0.231 e. The Bertz CT molecular complexity index is 512. The molecule has 5 heteroatoms. The van der Waals surface area contributed by atoms with E-state index in [2.05, 4.69) is 13.8 Å². The van der Waals surface area contributed by atoms with Gasteiger partial charge in [0, 0.05) is 11.8 Å². The number of benzene rings is 1. The molecule has 0 unspecified atom stereocenters. The molecule has 2 N–H and O–H groups in total. The Kier molecular flexibility index (Phi) is 5.41. The Morgan fingerprint density at radius 1 is 1.22 bits per heavy atom. The number of hydrogen-bond acceptors (Lipinski definition) is 4. The second-order valence-electron chi connectivity index (χ2n) is 7.16. The fourth-order valence-corrected chi connectivity index (χ4v) is 3.82. The first-order valence-electron chi connectivity index (χ1n) is 8.58. The summed E-state index contributed by atoms with van der Waals surface area (Å²) < 4.78 is 16.3. The molecule has 0 aromatic heterocycles. The molecular weight excluding hydrogens is 294 g/mol. The van der Waals surface area contributed by atoms with Crippen LogP contribution in [0, 0.1) is 11.8 Å². The molecule has 23 heavy (non-hydrogen) atoms. The van der Waals surface area contributed by atoms with Crippen molar-refractivity contribution in [3.63, 3.8) is 0 Å². The molecule has 3 atom stereocenters. The summed E-state index contributed by atoms with van der Waals surface area (Å²) in [4.78, 5) is 1.50. The molecule has 2 aliphatic heterocycles. The number of aliphatic hydroxyl groups is 1. The van der Waals surface area contributed by atoms with E-state index in [0.717, 1.165) is 48.5 Å². The van der Waals surface area contributed by atoms with Gasteiger partial charge in [0.25, 0.3) is 0 Å². The Morgan fingerprint density at radius 2 is 1.96 bits per heavy atom. The van der Waals surface area contributed by atoms with E-state index in [1.807, 2.05) is 18.2 Å². The Balaban J connectivity index is 1.40. The van der Waals surface area contributed by atoms with Crippen LogP contribution in [0.3, 0.4) is 0 Å². The van der Waals surface area contributed by atoms with Crippen molar-refractivity contribution in [2.75, 3.05) is 33.0 Å². The summed E-state index contributed by atoms with van der Waals surface area (Å²) >= 11 is 0. The third kappa shape index (κ3) is 4.59. The molecule has 3 rings (SSSR count). The zero-order chi connectivity index (χ0) is 16.2. The summed E-state index contributed by atoms with van der Waals surface area (Å²) in [5.41, 5.74) is 1.04. The van der Waals surface area contributed by atoms with Gasteiger partial charge in [-0.05, 0) is 24.1 Å². The fraction of sp³-hybridized carbons (Fsp3) is 0.667. The Labute approximate surface area is 138 Å². The van der Waals surface area contributed by atoms with Crippen LogP contribution in [0.5, 0.6) is 11.5 Å². The number of aliphatic hydroxyl groups excluding tert-OH is 1. The lowest BCUT2D eigenvalue weighted by Crippen LogP contribution is -3.15. The van der Waals surface area contributed by atoms with Crippen LogP contribution in [-0.2, 0) is 11.3 Å². The van der Waals surface area contributed by atoms with Crippen molar-refractivity contribution in [1.29, 1.82) is 0 Å². The average Bonchev–Trinajstić information content (AvgIpc) is 2.93. The van der Waals surface area contributed by atoms with Gasteiger partial charge in [-0.2, -0.15) is 0 Å². The Morgan fingerprint density at radius 3 is 2.74 bits per heavy atom. The number of rotatable bonds is 6. The maximum absolute atomic E-state index is 10.2. The molecule has 1 aromatic rings. The van der Waals surface area contributed by atoms with E-state index in [1.54, 1.807) is 0 Å². The first-order chi connectivity index (χ1) is 11.1. The van der Waals surface area contributed by atoms with Gasteiger partial charge in [0.2, 0.25) is 6.79 Å². The van der Waals surface area contributed by atoms with Crippen LogP contribution in [-0.4, -0.2) is 44.2 Å². The van der Waals surface area contributed by atoms with Crippen molar-refractivity contribution in [3.05, 3.63) is 23.8 Å². The van der Waals surface area contributed by atoms with Gasteiger partial charge in [-0.1, -0.05) is 19.9 Å². The molecule has 1 saturated heterocycles. The van der Waals surface area contributed by atoms with Gasteiger partial charge in [0.1, 0.15) is 12.6 Å². The van der Waals surface area contributed by atoms with Crippen molar-refractivity contribution in [2.45, 2.75) is 33.0 Å². The summed E-state index contributed by atoms with van der Waals surface area (Å²) in [6, 6.07) is 5.81. The molecule has 1 aromatic carbocycles. The summed E-state index contributed by atoms with van der Waals surface area (Å²) in [6.45, 7) is 8.84. The van der Waals surface area contributed by atoms with Crippen molar-refractivity contribution in [2.24, 2.45) is 11.8 Å².